The Labute approximate surface area is 428 Å². The van der Waals surface area contributed by atoms with Gasteiger partial charge in [0.25, 0.3) is 0 Å². The summed E-state index contributed by atoms with van der Waals surface area (Å²) in [5.74, 6) is 1.85. The van der Waals surface area contributed by atoms with Crippen molar-refractivity contribution in [3.8, 4) is 17.2 Å². The molecule has 6 aromatic rings. The average molecular weight is 1020 g/mol. The zero-order valence-electron chi connectivity index (χ0n) is 41.8. The number of ether oxygens (including phenoxy) is 2. The molecule has 0 radical (unpaired) electrons. The maximum absolute atomic E-state index is 12.2. The van der Waals surface area contributed by atoms with E-state index in [2.05, 4.69) is 14.7 Å². The Balaban J connectivity index is 0.000000265. The Morgan fingerprint density at radius 2 is 0.771 bits per heavy atom. The summed E-state index contributed by atoms with van der Waals surface area (Å²) in [6, 6.07) is 40.9. The summed E-state index contributed by atoms with van der Waals surface area (Å²) in [6.45, 7) is 4.29. The molecule has 380 valence electrons. The lowest BCUT2D eigenvalue weighted by molar-refractivity contribution is 0.288. The molecule has 0 aromatic heterocycles. The standard InChI is InChI=1S/2C18H23FN2OS.C15H18N2OS.C4H9F/c2*1-21(2)13-14-12-15(22-11-5-10-19)8-9-17(14)23-18-7-4-3-6-16(18)20;1-17(2)10-11-9-12(18)7-8-14(11)19-15-6-4-3-5-13(15)16;1-2-3-4-5/h2*3-4,6-9,12H,5,10-11,13,20H2,1-2H3;3-9,18H,10,16H2,1-2H3;2-4H2,1H3. The number of nitrogens with zero attached hydrogens (tertiary/aromatic N) is 3. The molecule has 70 heavy (non-hydrogen) atoms. The Morgan fingerprint density at radius 3 is 1.07 bits per heavy atom. The van der Waals surface area contributed by atoms with Crippen molar-refractivity contribution >= 4 is 52.3 Å². The summed E-state index contributed by atoms with van der Waals surface area (Å²) < 4.78 is 46.6. The summed E-state index contributed by atoms with van der Waals surface area (Å²) in [6.07, 6.45) is 2.52. The van der Waals surface area contributed by atoms with E-state index in [1.807, 2.05) is 171 Å². The van der Waals surface area contributed by atoms with Gasteiger partial charge in [0.05, 0.1) is 33.2 Å². The zero-order chi connectivity index (χ0) is 51.3. The van der Waals surface area contributed by atoms with Crippen molar-refractivity contribution in [2.24, 2.45) is 0 Å². The Bertz CT molecular complexity index is 2300. The van der Waals surface area contributed by atoms with Crippen LogP contribution in [0.4, 0.5) is 30.2 Å². The topological polar surface area (TPSA) is 126 Å². The van der Waals surface area contributed by atoms with E-state index in [1.54, 1.807) is 41.4 Å². The van der Waals surface area contributed by atoms with Gasteiger partial charge in [-0.25, -0.2) is 0 Å². The quantitative estimate of drug-likeness (QED) is 0.0382. The molecule has 0 fully saturated rings. The van der Waals surface area contributed by atoms with Gasteiger partial charge < -0.3 is 46.5 Å². The number of nitrogens with two attached hydrogens (primary N) is 3. The molecule has 9 nitrogen and oxygen atoms in total. The maximum atomic E-state index is 12.2. The average Bonchev–Trinajstić information content (AvgIpc) is 3.31. The number of hydrogen-bond acceptors (Lipinski definition) is 12. The molecule has 0 saturated heterocycles. The van der Waals surface area contributed by atoms with Gasteiger partial charge in [-0.3, -0.25) is 13.2 Å². The number of unbranched alkanes of at least 4 members (excludes halogenated alkanes) is 1. The van der Waals surface area contributed by atoms with E-state index in [9.17, 15) is 18.3 Å². The van der Waals surface area contributed by atoms with E-state index in [-0.39, 0.29) is 20.0 Å². The number of benzene rings is 6. The summed E-state index contributed by atoms with van der Waals surface area (Å²) in [5, 5.41) is 9.62. The van der Waals surface area contributed by atoms with Crippen molar-refractivity contribution in [1.29, 1.82) is 0 Å². The normalized spacial score (nSPS) is 10.8. The van der Waals surface area contributed by atoms with Crippen molar-refractivity contribution in [1.82, 2.24) is 14.7 Å². The van der Waals surface area contributed by atoms with Crippen LogP contribution in [-0.2, 0) is 19.6 Å². The zero-order valence-corrected chi connectivity index (χ0v) is 44.3. The number of para-hydroxylation sites is 3. The van der Waals surface area contributed by atoms with Crippen LogP contribution >= 0.6 is 35.3 Å². The van der Waals surface area contributed by atoms with Crippen molar-refractivity contribution in [2.45, 2.75) is 81.6 Å². The minimum atomic E-state index is -0.355. The first kappa shape index (κ1) is 59.2. The van der Waals surface area contributed by atoms with Crippen LogP contribution in [0.25, 0.3) is 0 Å². The SMILES string of the molecule is CCCCF.CN(C)Cc1cc(O)ccc1Sc1ccccc1N.CN(C)Cc1cc(OCCCF)ccc1Sc1ccccc1N.CN(C)Cc1cc(OCCCF)ccc1Sc1ccccc1N. The molecule has 0 aliphatic carbocycles. The lowest BCUT2D eigenvalue weighted by Gasteiger charge is -2.16. The van der Waals surface area contributed by atoms with E-state index in [1.165, 1.54) is 11.1 Å². The van der Waals surface area contributed by atoms with Gasteiger partial charge in [0.15, 0.2) is 0 Å². The second-order valence-electron chi connectivity index (χ2n) is 16.8. The molecule has 0 unspecified atom stereocenters. The molecule has 15 heteroatoms. The molecule has 0 atom stereocenters. The predicted octanol–water partition coefficient (Wildman–Crippen LogP) is 13.4. The van der Waals surface area contributed by atoms with Gasteiger partial charge in [0.1, 0.15) is 17.2 Å². The van der Waals surface area contributed by atoms with Gasteiger partial charge >= 0.3 is 0 Å². The van der Waals surface area contributed by atoms with Crippen LogP contribution in [0.1, 0.15) is 49.3 Å². The highest BCUT2D eigenvalue weighted by molar-refractivity contribution is 8.00. The number of aromatic hydroxyl groups is 1. The van der Waals surface area contributed by atoms with Crippen LogP contribution in [0.5, 0.6) is 17.2 Å². The second-order valence-corrected chi connectivity index (χ2v) is 20.0. The lowest BCUT2D eigenvalue weighted by atomic mass is 10.2. The van der Waals surface area contributed by atoms with Crippen LogP contribution in [0.15, 0.2) is 157 Å². The molecular weight excluding hydrogens is 946 g/mol. The molecule has 0 aliphatic rings. The highest BCUT2D eigenvalue weighted by Gasteiger charge is 2.12. The number of halogens is 3. The largest absolute Gasteiger partial charge is 0.508 e. The predicted molar refractivity (Wildman–Crippen MR) is 291 cm³/mol. The summed E-state index contributed by atoms with van der Waals surface area (Å²) in [5.41, 5.74) is 23.8. The molecular formula is C55H73F3N6O3S3. The monoisotopic (exact) mass is 1020 g/mol. The third-order valence-electron chi connectivity index (χ3n) is 9.57. The van der Waals surface area contributed by atoms with Gasteiger partial charge in [-0.15, -0.1) is 0 Å². The van der Waals surface area contributed by atoms with Crippen LogP contribution in [0, 0.1) is 0 Å². The second kappa shape index (κ2) is 33.4. The fourth-order valence-corrected chi connectivity index (χ4v) is 9.13. The minimum Gasteiger partial charge on any atom is -0.508 e. The van der Waals surface area contributed by atoms with Crippen LogP contribution in [0.2, 0.25) is 0 Å². The van der Waals surface area contributed by atoms with Crippen LogP contribution in [0.3, 0.4) is 0 Å². The first-order valence-corrected chi connectivity index (χ1v) is 25.6. The minimum absolute atomic E-state index is 0.156. The molecule has 6 rings (SSSR count). The molecule has 6 aromatic carbocycles. The number of rotatable bonds is 22. The van der Waals surface area contributed by atoms with Crippen LogP contribution < -0.4 is 26.7 Å². The van der Waals surface area contributed by atoms with E-state index >= 15 is 0 Å². The summed E-state index contributed by atoms with van der Waals surface area (Å²) in [7, 11) is 12.1. The van der Waals surface area contributed by atoms with Gasteiger partial charge in [-0.1, -0.05) is 85.0 Å². The highest BCUT2D eigenvalue weighted by atomic mass is 32.2. The first-order valence-electron chi connectivity index (χ1n) is 23.2. The van der Waals surface area contributed by atoms with Crippen molar-refractivity contribution in [3.63, 3.8) is 0 Å². The molecule has 0 saturated carbocycles. The number of hydrogen-bond donors (Lipinski definition) is 4. The third kappa shape index (κ3) is 22.7. The number of anilines is 3. The smallest absolute Gasteiger partial charge is 0.119 e. The van der Waals surface area contributed by atoms with Gasteiger partial charge in [0.2, 0.25) is 0 Å². The fraction of sp³-hybridized carbons (Fsp3) is 0.345. The number of phenols is 1. The van der Waals surface area contributed by atoms with Crippen molar-refractivity contribution in [2.75, 3.05) is 92.7 Å². The van der Waals surface area contributed by atoms with Gasteiger partial charge in [-0.2, -0.15) is 0 Å². The number of phenolic OH excluding ortho intramolecular Hbond substituents is 1. The molecule has 0 aliphatic heterocycles. The van der Waals surface area contributed by atoms with Crippen molar-refractivity contribution < 1.29 is 27.8 Å². The Morgan fingerprint density at radius 1 is 0.443 bits per heavy atom. The van der Waals surface area contributed by atoms with E-state index in [4.69, 9.17) is 26.7 Å². The highest BCUT2D eigenvalue weighted by Crippen LogP contribution is 2.38. The Hall–Kier alpha value is -5.16. The first-order chi connectivity index (χ1) is 33.7. The molecule has 0 bridgehead atoms. The van der Waals surface area contributed by atoms with E-state index in [0.29, 0.717) is 31.8 Å². The number of alkyl halides is 3. The van der Waals surface area contributed by atoms with Crippen LogP contribution in [-0.4, -0.2) is 95.3 Å². The third-order valence-corrected chi connectivity index (χ3v) is 13.2. The van der Waals surface area contributed by atoms with E-state index < -0.39 is 0 Å². The van der Waals surface area contributed by atoms with Gasteiger partial charge in [-0.05, 0) is 156 Å². The Kier molecular flexibility index (Phi) is 28.2. The summed E-state index contributed by atoms with van der Waals surface area (Å²) >= 11 is 4.93. The molecule has 0 amide bonds. The van der Waals surface area contributed by atoms with Gasteiger partial charge in [0, 0.05) is 78.9 Å². The summed E-state index contributed by atoms with van der Waals surface area (Å²) in [4.78, 5) is 12.8. The maximum Gasteiger partial charge on any atom is 0.119 e. The molecule has 7 N–H and O–H groups in total. The van der Waals surface area contributed by atoms with Crippen molar-refractivity contribution in [3.05, 3.63) is 144 Å². The molecule has 0 heterocycles. The number of nitrogen functional groups attached to an aromatic ring is 3. The fourth-order valence-electron chi connectivity index (χ4n) is 6.25. The molecule has 0 spiro atoms. The van der Waals surface area contributed by atoms with E-state index in [0.717, 1.165) is 96.0 Å². The lowest BCUT2D eigenvalue weighted by Crippen LogP contribution is -2.11.